The van der Waals surface area contributed by atoms with Crippen LogP contribution in [0.25, 0.3) is 5.82 Å². The molecule has 3 N–H and O–H groups in total. The van der Waals surface area contributed by atoms with E-state index in [9.17, 15) is 4.79 Å². The number of primary amides is 1. The third-order valence-corrected chi connectivity index (χ3v) is 3.08. The lowest BCUT2D eigenvalue weighted by atomic mass is 10.2. The van der Waals surface area contributed by atoms with E-state index in [-0.39, 0.29) is 0 Å². The standard InChI is InChI=1S/C13H20N6O/c1-8(2)15-6-11-9(3)17-18(4)13(11)19-7-10(5-16-19)12(14)20/h5,7-8,15H,6H2,1-4H3,(H2,14,20). The molecule has 2 aromatic heterocycles. The lowest BCUT2D eigenvalue weighted by Crippen LogP contribution is -2.23. The first-order valence-electron chi connectivity index (χ1n) is 6.51. The molecule has 2 aromatic rings. The predicted molar refractivity (Wildman–Crippen MR) is 75.6 cm³/mol. The molecule has 0 fully saturated rings. The summed E-state index contributed by atoms with van der Waals surface area (Å²) in [5, 5.41) is 12.0. The lowest BCUT2D eigenvalue weighted by Gasteiger charge is -2.10. The number of carbonyl (C=O) groups is 1. The van der Waals surface area contributed by atoms with Gasteiger partial charge in [-0.05, 0) is 6.92 Å². The Morgan fingerprint density at radius 1 is 1.50 bits per heavy atom. The summed E-state index contributed by atoms with van der Waals surface area (Å²) < 4.78 is 3.39. The zero-order chi connectivity index (χ0) is 14.9. The molecule has 1 amide bonds. The van der Waals surface area contributed by atoms with Gasteiger partial charge in [0.25, 0.3) is 5.91 Å². The fraction of sp³-hybridized carbons (Fsp3) is 0.462. The van der Waals surface area contributed by atoms with Gasteiger partial charge in [-0.15, -0.1) is 0 Å². The summed E-state index contributed by atoms with van der Waals surface area (Å²) in [5.41, 5.74) is 7.63. The summed E-state index contributed by atoms with van der Waals surface area (Å²) >= 11 is 0. The highest BCUT2D eigenvalue weighted by molar-refractivity contribution is 5.92. The fourth-order valence-corrected chi connectivity index (χ4v) is 2.06. The van der Waals surface area contributed by atoms with Gasteiger partial charge in [-0.2, -0.15) is 10.2 Å². The van der Waals surface area contributed by atoms with E-state index in [0.29, 0.717) is 18.2 Å². The molecule has 2 rings (SSSR count). The number of aryl methyl sites for hydroxylation is 2. The van der Waals surface area contributed by atoms with E-state index in [2.05, 4.69) is 29.4 Å². The van der Waals surface area contributed by atoms with Crippen molar-refractivity contribution >= 4 is 5.91 Å². The number of carbonyl (C=O) groups excluding carboxylic acids is 1. The van der Waals surface area contributed by atoms with Gasteiger partial charge >= 0.3 is 0 Å². The molecule has 0 bridgehead atoms. The van der Waals surface area contributed by atoms with Gasteiger partial charge < -0.3 is 11.1 Å². The Labute approximate surface area is 117 Å². The molecule has 0 aliphatic rings. The van der Waals surface area contributed by atoms with Crippen LogP contribution < -0.4 is 11.1 Å². The number of nitrogens with two attached hydrogens (primary N) is 1. The van der Waals surface area contributed by atoms with E-state index < -0.39 is 5.91 Å². The Hall–Kier alpha value is -2.15. The van der Waals surface area contributed by atoms with Gasteiger partial charge in [-0.25, -0.2) is 4.68 Å². The van der Waals surface area contributed by atoms with Crippen LogP contribution in [0.5, 0.6) is 0 Å². The molecule has 7 heteroatoms. The predicted octanol–water partition coefficient (Wildman–Crippen LogP) is 0.511. The highest BCUT2D eigenvalue weighted by Crippen LogP contribution is 2.17. The van der Waals surface area contributed by atoms with Crippen molar-refractivity contribution < 1.29 is 4.79 Å². The van der Waals surface area contributed by atoms with Crippen molar-refractivity contribution in [2.75, 3.05) is 0 Å². The van der Waals surface area contributed by atoms with Crippen molar-refractivity contribution in [2.24, 2.45) is 12.8 Å². The normalized spacial score (nSPS) is 11.2. The summed E-state index contributed by atoms with van der Waals surface area (Å²) in [6.45, 7) is 6.83. The van der Waals surface area contributed by atoms with Crippen LogP contribution in [0.15, 0.2) is 12.4 Å². The number of hydrogen-bond donors (Lipinski definition) is 2. The molecule has 0 saturated heterocycles. The average Bonchev–Trinajstić information content (AvgIpc) is 2.91. The van der Waals surface area contributed by atoms with Crippen LogP contribution >= 0.6 is 0 Å². The molecule has 0 unspecified atom stereocenters. The van der Waals surface area contributed by atoms with Crippen molar-refractivity contribution in [3.05, 3.63) is 29.2 Å². The molecule has 108 valence electrons. The zero-order valence-corrected chi connectivity index (χ0v) is 12.2. The molecule has 0 aliphatic heterocycles. The summed E-state index contributed by atoms with van der Waals surface area (Å²) in [6, 6.07) is 0.376. The number of nitrogens with zero attached hydrogens (tertiary/aromatic N) is 4. The second-order valence-corrected chi connectivity index (χ2v) is 5.08. The minimum Gasteiger partial charge on any atom is -0.366 e. The fourth-order valence-electron chi connectivity index (χ4n) is 2.06. The first-order valence-corrected chi connectivity index (χ1v) is 6.51. The van der Waals surface area contributed by atoms with Gasteiger partial charge in [-0.1, -0.05) is 13.8 Å². The highest BCUT2D eigenvalue weighted by Gasteiger charge is 2.17. The van der Waals surface area contributed by atoms with Crippen molar-refractivity contribution in [2.45, 2.75) is 33.4 Å². The van der Waals surface area contributed by atoms with Crippen molar-refractivity contribution in [3.8, 4) is 5.82 Å². The molecular formula is C13H20N6O. The first kappa shape index (κ1) is 14.3. The van der Waals surface area contributed by atoms with Crippen molar-refractivity contribution in [1.29, 1.82) is 0 Å². The Kier molecular flexibility index (Phi) is 3.89. The number of nitrogens with one attached hydrogen (secondary N) is 1. The molecule has 7 nitrogen and oxygen atoms in total. The molecule has 0 aliphatic carbocycles. The van der Waals surface area contributed by atoms with Gasteiger partial charge in [0.15, 0.2) is 5.82 Å². The second kappa shape index (κ2) is 5.46. The molecule has 0 saturated carbocycles. The lowest BCUT2D eigenvalue weighted by molar-refractivity contribution is 0.100. The number of rotatable bonds is 5. The van der Waals surface area contributed by atoms with E-state index in [1.54, 1.807) is 15.6 Å². The Morgan fingerprint density at radius 3 is 2.75 bits per heavy atom. The molecule has 20 heavy (non-hydrogen) atoms. The largest absolute Gasteiger partial charge is 0.366 e. The van der Waals surface area contributed by atoms with E-state index in [1.807, 2.05) is 14.0 Å². The van der Waals surface area contributed by atoms with E-state index >= 15 is 0 Å². The maximum absolute atomic E-state index is 11.2. The Morgan fingerprint density at radius 2 is 2.20 bits per heavy atom. The van der Waals surface area contributed by atoms with Crippen LogP contribution in [0.2, 0.25) is 0 Å². The smallest absolute Gasteiger partial charge is 0.251 e. The van der Waals surface area contributed by atoms with E-state index in [0.717, 1.165) is 17.1 Å². The van der Waals surface area contributed by atoms with Crippen LogP contribution in [-0.2, 0) is 13.6 Å². The van der Waals surface area contributed by atoms with Crippen molar-refractivity contribution in [3.63, 3.8) is 0 Å². The maximum atomic E-state index is 11.2. The van der Waals surface area contributed by atoms with Crippen LogP contribution in [0, 0.1) is 6.92 Å². The van der Waals surface area contributed by atoms with Crippen LogP contribution in [0.4, 0.5) is 0 Å². The minimum atomic E-state index is -0.489. The Balaban J connectivity index is 2.41. The molecule has 2 heterocycles. The second-order valence-electron chi connectivity index (χ2n) is 5.08. The average molecular weight is 276 g/mol. The maximum Gasteiger partial charge on any atom is 0.251 e. The summed E-state index contributed by atoms with van der Waals surface area (Å²) in [4.78, 5) is 11.2. The van der Waals surface area contributed by atoms with Gasteiger partial charge in [0.05, 0.1) is 17.5 Å². The minimum absolute atomic E-state index is 0.376. The topological polar surface area (TPSA) is 90.8 Å². The molecule has 0 atom stereocenters. The highest BCUT2D eigenvalue weighted by atomic mass is 16.1. The zero-order valence-electron chi connectivity index (χ0n) is 12.2. The summed E-state index contributed by atoms with van der Waals surface area (Å²) in [5.74, 6) is 0.347. The molecule has 0 spiro atoms. The van der Waals surface area contributed by atoms with E-state index in [1.165, 1.54) is 6.20 Å². The van der Waals surface area contributed by atoms with E-state index in [4.69, 9.17) is 5.73 Å². The van der Waals surface area contributed by atoms with Crippen LogP contribution in [-0.4, -0.2) is 31.5 Å². The monoisotopic (exact) mass is 276 g/mol. The number of amides is 1. The van der Waals surface area contributed by atoms with Gasteiger partial charge in [0.1, 0.15) is 0 Å². The molecule has 0 radical (unpaired) electrons. The molecule has 0 aromatic carbocycles. The van der Waals surface area contributed by atoms with Crippen molar-refractivity contribution in [1.82, 2.24) is 24.9 Å². The first-order chi connectivity index (χ1) is 9.40. The quantitative estimate of drug-likeness (QED) is 0.832. The van der Waals surface area contributed by atoms with Gasteiger partial charge in [0, 0.05) is 31.4 Å². The third kappa shape index (κ3) is 2.72. The molecular weight excluding hydrogens is 256 g/mol. The summed E-state index contributed by atoms with van der Waals surface area (Å²) in [7, 11) is 1.85. The van der Waals surface area contributed by atoms with Gasteiger partial charge in [0.2, 0.25) is 0 Å². The Bertz CT molecular complexity index is 625. The third-order valence-electron chi connectivity index (χ3n) is 3.08. The van der Waals surface area contributed by atoms with Crippen LogP contribution in [0.1, 0.15) is 35.5 Å². The summed E-state index contributed by atoms with van der Waals surface area (Å²) in [6.07, 6.45) is 3.09. The number of hydrogen-bond acceptors (Lipinski definition) is 4. The van der Waals surface area contributed by atoms with Crippen LogP contribution in [0.3, 0.4) is 0 Å². The number of aromatic nitrogens is 4. The SMILES string of the molecule is Cc1nn(C)c(-n2cc(C(N)=O)cn2)c1CNC(C)C. The van der Waals surface area contributed by atoms with Gasteiger partial charge in [-0.3, -0.25) is 9.48 Å².